The average Bonchev–Trinajstić information content (AvgIpc) is 3.48. The van der Waals surface area contributed by atoms with E-state index in [1.54, 1.807) is 30.3 Å². The molecule has 0 saturated heterocycles. The maximum Gasteiger partial charge on any atom is 0.243 e. The molecule has 1 heterocycles. The molecule has 1 atom stereocenters. The van der Waals surface area contributed by atoms with E-state index in [1.165, 1.54) is 16.1 Å². The van der Waals surface area contributed by atoms with Gasteiger partial charge in [0, 0.05) is 30.9 Å². The maximum absolute atomic E-state index is 13.3. The molecular formula is C35H37N5O4S2. The van der Waals surface area contributed by atoms with Crippen LogP contribution in [0, 0.1) is 0 Å². The number of rotatable bonds is 14. The molecule has 1 amide bonds. The zero-order valence-electron chi connectivity index (χ0n) is 26.0. The minimum absolute atomic E-state index is 0.187. The van der Waals surface area contributed by atoms with Crippen LogP contribution in [0.3, 0.4) is 0 Å². The second-order valence-corrected chi connectivity index (χ2v) is 13.7. The predicted octanol–water partition coefficient (Wildman–Crippen LogP) is 7.13. The van der Waals surface area contributed by atoms with Crippen LogP contribution in [0.15, 0.2) is 119 Å². The lowest BCUT2D eigenvalue weighted by atomic mass is 10.1. The third kappa shape index (κ3) is 8.03. The van der Waals surface area contributed by atoms with E-state index in [-0.39, 0.29) is 10.8 Å². The van der Waals surface area contributed by atoms with E-state index in [4.69, 9.17) is 4.74 Å². The van der Waals surface area contributed by atoms with Gasteiger partial charge in [-0.15, -0.1) is 10.2 Å². The lowest BCUT2D eigenvalue weighted by Crippen LogP contribution is -2.30. The fraction of sp³-hybridized carbons (Fsp3) is 0.229. The Kier molecular flexibility index (Phi) is 10.9. The molecule has 0 bridgehead atoms. The molecule has 5 aromatic rings. The van der Waals surface area contributed by atoms with Gasteiger partial charge in [-0.2, -0.15) is 4.31 Å². The number of ether oxygens (including phenoxy) is 1. The Morgan fingerprint density at radius 3 is 2.20 bits per heavy atom. The Hall–Kier alpha value is -4.45. The summed E-state index contributed by atoms with van der Waals surface area (Å²) in [6.07, 6.45) is 0.703. The summed E-state index contributed by atoms with van der Waals surface area (Å²) in [6.45, 7) is 6.76. The van der Waals surface area contributed by atoms with Gasteiger partial charge in [0.25, 0.3) is 0 Å². The third-order valence-electron chi connectivity index (χ3n) is 7.37. The second kappa shape index (κ2) is 15.2. The molecule has 238 valence electrons. The van der Waals surface area contributed by atoms with Crippen LogP contribution in [0.2, 0.25) is 0 Å². The monoisotopic (exact) mass is 655 g/mol. The van der Waals surface area contributed by atoms with Crippen LogP contribution in [-0.2, 0) is 27.8 Å². The molecule has 0 unspecified atom stereocenters. The van der Waals surface area contributed by atoms with Gasteiger partial charge in [-0.1, -0.05) is 86.3 Å². The largest absolute Gasteiger partial charge is 0.457 e. The van der Waals surface area contributed by atoms with E-state index in [1.807, 2.05) is 92.1 Å². The van der Waals surface area contributed by atoms with Gasteiger partial charge < -0.3 is 14.6 Å². The third-order valence-corrected chi connectivity index (χ3v) is 10.5. The second-order valence-electron chi connectivity index (χ2n) is 10.5. The van der Waals surface area contributed by atoms with Crippen molar-refractivity contribution >= 4 is 33.4 Å². The topological polar surface area (TPSA) is 106 Å². The highest BCUT2D eigenvalue weighted by atomic mass is 32.2. The zero-order valence-corrected chi connectivity index (χ0v) is 27.7. The summed E-state index contributed by atoms with van der Waals surface area (Å²) in [4.78, 5) is 13.4. The molecule has 1 N–H and O–H groups in total. The van der Waals surface area contributed by atoms with Crippen molar-refractivity contribution < 1.29 is 17.9 Å². The summed E-state index contributed by atoms with van der Waals surface area (Å²) in [5.41, 5.74) is 2.42. The van der Waals surface area contributed by atoms with Gasteiger partial charge in [0.15, 0.2) is 11.0 Å². The highest BCUT2D eigenvalue weighted by Crippen LogP contribution is 2.30. The number of sulfonamides is 1. The summed E-state index contributed by atoms with van der Waals surface area (Å²) >= 11 is 1.30. The van der Waals surface area contributed by atoms with E-state index >= 15 is 0 Å². The van der Waals surface area contributed by atoms with Gasteiger partial charge in [0.1, 0.15) is 11.5 Å². The molecule has 0 fully saturated rings. The molecular weight excluding hydrogens is 619 g/mol. The molecule has 9 nitrogen and oxygen atoms in total. The molecule has 0 aliphatic carbocycles. The maximum atomic E-state index is 13.3. The summed E-state index contributed by atoms with van der Waals surface area (Å²) in [7, 11) is -3.66. The molecule has 46 heavy (non-hydrogen) atoms. The van der Waals surface area contributed by atoms with E-state index in [0.29, 0.717) is 54.0 Å². The molecule has 0 radical (unpaired) electrons. The molecule has 0 aliphatic heterocycles. The lowest BCUT2D eigenvalue weighted by molar-refractivity contribution is -0.115. The Bertz CT molecular complexity index is 1840. The van der Waals surface area contributed by atoms with Crippen molar-refractivity contribution in [3.63, 3.8) is 0 Å². The SMILES string of the molecule is CCN(CC)S(=O)(=O)c1cccc(-c2nnc(S[C@H](C)C(=O)Nc3ccc(Oc4ccccc4)cc3)n2CCc2ccccc2)c1. The summed E-state index contributed by atoms with van der Waals surface area (Å²) in [6, 6.07) is 33.6. The van der Waals surface area contributed by atoms with Crippen LogP contribution >= 0.6 is 11.8 Å². The molecule has 4 aromatic carbocycles. The number of thioether (sulfide) groups is 1. The number of hydrogen-bond donors (Lipinski definition) is 1. The van der Waals surface area contributed by atoms with Crippen LogP contribution in [0.5, 0.6) is 11.5 Å². The fourth-order valence-electron chi connectivity index (χ4n) is 4.87. The predicted molar refractivity (Wildman–Crippen MR) is 183 cm³/mol. The number of carbonyl (C=O) groups is 1. The number of hydrogen-bond acceptors (Lipinski definition) is 7. The molecule has 1 aromatic heterocycles. The van der Waals surface area contributed by atoms with E-state index in [0.717, 1.165) is 11.3 Å². The number of nitrogens with one attached hydrogen (secondary N) is 1. The lowest BCUT2D eigenvalue weighted by Gasteiger charge is -2.19. The number of amides is 1. The number of nitrogens with zero attached hydrogens (tertiary/aromatic N) is 4. The van der Waals surface area contributed by atoms with Crippen LogP contribution in [0.1, 0.15) is 26.3 Å². The first kappa shape index (κ1) is 32.9. The van der Waals surface area contributed by atoms with Crippen molar-refractivity contribution in [1.29, 1.82) is 0 Å². The average molecular weight is 656 g/mol. The molecule has 0 aliphatic rings. The number of carbonyl (C=O) groups excluding carboxylic acids is 1. The fourth-order valence-corrected chi connectivity index (χ4v) is 7.25. The Morgan fingerprint density at radius 1 is 0.870 bits per heavy atom. The van der Waals surface area contributed by atoms with Gasteiger partial charge in [-0.25, -0.2) is 8.42 Å². The van der Waals surface area contributed by atoms with Crippen LogP contribution < -0.4 is 10.1 Å². The van der Waals surface area contributed by atoms with Crippen molar-refractivity contribution in [1.82, 2.24) is 19.1 Å². The Morgan fingerprint density at radius 2 is 1.52 bits per heavy atom. The van der Waals surface area contributed by atoms with Gasteiger partial charge in [-0.05, 0) is 67.4 Å². The van der Waals surface area contributed by atoms with E-state index in [9.17, 15) is 13.2 Å². The van der Waals surface area contributed by atoms with Crippen molar-refractivity contribution in [2.75, 3.05) is 18.4 Å². The van der Waals surface area contributed by atoms with Gasteiger partial charge in [0.2, 0.25) is 15.9 Å². The minimum atomic E-state index is -3.66. The van der Waals surface area contributed by atoms with Gasteiger partial charge in [0.05, 0.1) is 10.1 Å². The normalized spacial score (nSPS) is 12.2. The zero-order chi connectivity index (χ0) is 32.5. The first-order chi connectivity index (χ1) is 22.3. The summed E-state index contributed by atoms with van der Waals surface area (Å²) < 4.78 is 35.8. The first-order valence-corrected chi connectivity index (χ1v) is 17.5. The highest BCUT2D eigenvalue weighted by Gasteiger charge is 2.25. The standard InChI is InChI=1S/C35H37N5O4S2/c1-4-39(5-2)46(42,43)32-18-12-15-28(25-32)33-37-38-35(40(33)24-23-27-13-8-6-9-14-27)45-26(3)34(41)36-29-19-21-31(22-20-29)44-30-16-10-7-11-17-30/h6-22,25-26H,4-5,23-24H2,1-3H3,(H,36,41)/t26-/m1/s1. The van der Waals surface area contributed by atoms with Gasteiger partial charge >= 0.3 is 0 Å². The number of para-hydroxylation sites is 1. The number of benzene rings is 4. The quantitative estimate of drug-likeness (QED) is 0.127. The summed E-state index contributed by atoms with van der Waals surface area (Å²) in [5, 5.41) is 12.0. The van der Waals surface area contributed by atoms with Gasteiger partial charge in [-0.3, -0.25) is 4.79 Å². The van der Waals surface area contributed by atoms with E-state index in [2.05, 4.69) is 27.6 Å². The molecule has 0 spiro atoms. The van der Waals surface area contributed by atoms with Crippen molar-refractivity contribution in [3.05, 3.63) is 115 Å². The number of anilines is 1. The van der Waals surface area contributed by atoms with E-state index < -0.39 is 15.3 Å². The minimum Gasteiger partial charge on any atom is -0.457 e. The van der Waals surface area contributed by atoms with Crippen LogP contribution in [0.4, 0.5) is 5.69 Å². The summed E-state index contributed by atoms with van der Waals surface area (Å²) in [5.74, 6) is 1.75. The number of aryl methyl sites for hydroxylation is 1. The van der Waals surface area contributed by atoms with Crippen LogP contribution in [-0.4, -0.2) is 51.7 Å². The van der Waals surface area contributed by atoms with Crippen molar-refractivity contribution in [2.45, 2.75) is 49.0 Å². The smallest absolute Gasteiger partial charge is 0.243 e. The number of aromatic nitrogens is 3. The van der Waals surface area contributed by atoms with Crippen molar-refractivity contribution in [2.24, 2.45) is 0 Å². The molecule has 5 rings (SSSR count). The Labute approximate surface area is 274 Å². The van der Waals surface area contributed by atoms with Crippen molar-refractivity contribution in [3.8, 4) is 22.9 Å². The van der Waals surface area contributed by atoms with Crippen LogP contribution in [0.25, 0.3) is 11.4 Å². The Balaban J connectivity index is 1.35. The molecule has 11 heteroatoms. The molecule has 0 saturated carbocycles. The first-order valence-electron chi connectivity index (χ1n) is 15.2. The highest BCUT2D eigenvalue weighted by molar-refractivity contribution is 8.00.